The number of hydrogen-bond acceptors (Lipinski definition) is 3. The van der Waals surface area contributed by atoms with Crippen molar-refractivity contribution in [1.82, 2.24) is 10.2 Å². The molecule has 0 atom stereocenters. The fourth-order valence-electron chi connectivity index (χ4n) is 1.54. The standard InChI is InChI=1S/C12H14N2O/c1-3-10-5-4-6-11(7-10)8-12-14-13-9(2)15-12/h4-7H,3,8H2,1-2H3. The van der Waals surface area contributed by atoms with Gasteiger partial charge in [0.2, 0.25) is 11.8 Å². The van der Waals surface area contributed by atoms with Crippen molar-refractivity contribution < 1.29 is 4.42 Å². The summed E-state index contributed by atoms with van der Waals surface area (Å²) in [6, 6.07) is 8.46. The molecule has 0 amide bonds. The predicted molar refractivity (Wildman–Crippen MR) is 57.7 cm³/mol. The van der Waals surface area contributed by atoms with Gasteiger partial charge in [-0.15, -0.1) is 10.2 Å². The largest absolute Gasteiger partial charge is 0.425 e. The van der Waals surface area contributed by atoms with Gasteiger partial charge in [-0.3, -0.25) is 0 Å². The normalized spacial score (nSPS) is 10.5. The van der Waals surface area contributed by atoms with Crippen LogP contribution in [0.15, 0.2) is 28.7 Å². The number of aromatic nitrogens is 2. The Kier molecular flexibility index (Phi) is 2.81. The van der Waals surface area contributed by atoms with Crippen LogP contribution in [0.3, 0.4) is 0 Å². The predicted octanol–water partition coefficient (Wildman–Crippen LogP) is 2.53. The maximum absolute atomic E-state index is 5.34. The first-order valence-electron chi connectivity index (χ1n) is 5.14. The van der Waals surface area contributed by atoms with E-state index in [1.54, 1.807) is 6.92 Å². The molecule has 0 spiro atoms. The molecule has 1 aromatic heterocycles. The van der Waals surface area contributed by atoms with E-state index in [2.05, 4.69) is 41.4 Å². The molecular weight excluding hydrogens is 188 g/mol. The molecule has 0 bridgehead atoms. The molecule has 0 aliphatic rings. The Morgan fingerprint density at radius 2 is 2.00 bits per heavy atom. The average Bonchev–Trinajstić information content (AvgIpc) is 2.64. The zero-order valence-corrected chi connectivity index (χ0v) is 9.03. The van der Waals surface area contributed by atoms with E-state index in [0.29, 0.717) is 18.2 Å². The lowest BCUT2D eigenvalue weighted by molar-refractivity contribution is 0.477. The third-order valence-electron chi connectivity index (χ3n) is 2.32. The summed E-state index contributed by atoms with van der Waals surface area (Å²) in [6.45, 7) is 3.95. The van der Waals surface area contributed by atoms with Crippen molar-refractivity contribution in [2.75, 3.05) is 0 Å². The summed E-state index contributed by atoms with van der Waals surface area (Å²) in [7, 11) is 0. The second kappa shape index (κ2) is 4.26. The molecule has 0 aliphatic heterocycles. The van der Waals surface area contributed by atoms with Crippen LogP contribution in [0.4, 0.5) is 0 Å². The molecule has 1 aromatic carbocycles. The van der Waals surface area contributed by atoms with Gasteiger partial charge in [-0.2, -0.15) is 0 Å². The van der Waals surface area contributed by atoms with Crippen LogP contribution in [0.25, 0.3) is 0 Å². The molecule has 0 radical (unpaired) electrons. The molecule has 1 heterocycles. The maximum atomic E-state index is 5.34. The fourth-order valence-corrected chi connectivity index (χ4v) is 1.54. The van der Waals surface area contributed by atoms with Crippen LogP contribution < -0.4 is 0 Å². The van der Waals surface area contributed by atoms with E-state index in [9.17, 15) is 0 Å². The molecule has 15 heavy (non-hydrogen) atoms. The van der Waals surface area contributed by atoms with Crippen molar-refractivity contribution in [3.05, 3.63) is 47.2 Å². The van der Waals surface area contributed by atoms with E-state index in [-0.39, 0.29) is 0 Å². The molecule has 0 fully saturated rings. The van der Waals surface area contributed by atoms with Gasteiger partial charge in [0.05, 0.1) is 6.42 Å². The van der Waals surface area contributed by atoms with Crippen LogP contribution in [0.1, 0.15) is 29.8 Å². The van der Waals surface area contributed by atoms with Gasteiger partial charge in [0.25, 0.3) is 0 Å². The van der Waals surface area contributed by atoms with Crippen LogP contribution in [-0.4, -0.2) is 10.2 Å². The summed E-state index contributed by atoms with van der Waals surface area (Å²) in [5, 5.41) is 7.79. The monoisotopic (exact) mass is 202 g/mol. The molecule has 0 aliphatic carbocycles. The summed E-state index contributed by atoms with van der Waals surface area (Å²) in [6.07, 6.45) is 1.77. The lowest BCUT2D eigenvalue weighted by Gasteiger charge is -2.00. The highest BCUT2D eigenvalue weighted by Crippen LogP contribution is 2.10. The minimum Gasteiger partial charge on any atom is -0.425 e. The Bertz CT molecular complexity index is 448. The van der Waals surface area contributed by atoms with Crippen molar-refractivity contribution in [3.63, 3.8) is 0 Å². The van der Waals surface area contributed by atoms with E-state index >= 15 is 0 Å². The van der Waals surface area contributed by atoms with Gasteiger partial charge in [0.15, 0.2) is 0 Å². The molecule has 2 rings (SSSR count). The van der Waals surface area contributed by atoms with Crippen molar-refractivity contribution in [3.8, 4) is 0 Å². The Morgan fingerprint density at radius 3 is 2.67 bits per heavy atom. The number of aryl methyl sites for hydroxylation is 2. The first-order valence-corrected chi connectivity index (χ1v) is 5.14. The summed E-state index contributed by atoms with van der Waals surface area (Å²) >= 11 is 0. The van der Waals surface area contributed by atoms with E-state index in [1.807, 2.05) is 0 Å². The minimum absolute atomic E-state index is 0.622. The van der Waals surface area contributed by atoms with Gasteiger partial charge in [-0.05, 0) is 17.5 Å². The zero-order valence-electron chi connectivity index (χ0n) is 9.03. The van der Waals surface area contributed by atoms with Gasteiger partial charge in [-0.1, -0.05) is 31.2 Å². The minimum atomic E-state index is 0.622. The Balaban J connectivity index is 2.16. The third-order valence-corrected chi connectivity index (χ3v) is 2.32. The number of rotatable bonds is 3. The highest BCUT2D eigenvalue weighted by atomic mass is 16.4. The summed E-state index contributed by atoms with van der Waals surface area (Å²) < 4.78 is 5.34. The third kappa shape index (κ3) is 2.43. The lowest BCUT2D eigenvalue weighted by atomic mass is 10.1. The van der Waals surface area contributed by atoms with E-state index < -0.39 is 0 Å². The van der Waals surface area contributed by atoms with E-state index in [4.69, 9.17) is 4.42 Å². The van der Waals surface area contributed by atoms with Gasteiger partial charge >= 0.3 is 0 Å². The number of nitrogens with zero attached hydrogens (tertiary/aromatic N) is 2. The van der Waals surface area contributed by atoms with Crippen molar-refractivity contribution in [1.29, 1.82) is 0 Å². The Morgan fingerprint density at radius 1 is 1.20 bits per heavy atom. The molecule has 3 heteroatoms. The van der Waals surface area contributed by atoms with Crippen LogP contribution >= 0.6 is 0 Å². The zero-order chi connectivity index (χ0) is 10.7. The van der Waals surface area contributed by atoms with Crippen molar-refractivity contribution in [2.45, 2.75) is 26.7 Å². The molecule has 0 unspecified atom stereocenters. The van der Waals surface area contributed by atoms with Gasteiger partial charge in [0, 0.05) is 6.92 Å². The quantitative estimate of drug-likeness (QED) is 0.767. The summed E-state index contributed by atoms with van der Waals surface area (Å²) in [4.78, 5) is 0. The number of benzene rings is 1. The second-order valence-electron chi connectivity index (χ2n) is 3.57. The van der Waals surface area contributed by atoms with Gasteiger partial charge in [0.1, 0.15) is 0 Å². The lowest BCUT2D eigenvalue weighted by Crippen LogP contribution is -1.90. The highest BCUT2D eigenvalue weighted by Gasteiger charge is 2.03. The highest BCUT2D eigenvalue weighted by molar-refractivity contribution is 5.25. The summed E-state index contributed by atoms with van der Waals surface area (Å²) in [5.41, 5.74) is 2.56. The molecular formula is C12H14N2O. The topological polar surface area (TPSA) is 38.9 Å². The van der Waals surface area contributed by atoms with Crippen LogP contribution in [0.5, 0.6) is 0 Å². The molecule has 2 aromatic rings. The van der Waals surface area contributed by atoms with Crippen LogP contribution in [-0.2, 0) is 12.8 Å². The Hall–Kier alpha value is -1.64. The van der Waals surface area contributed by atoms with Crippen LogP contribution in [0.2, 0.25) is 0 Å². The second-order valence-corrected chi connectivity index (χ2v) is 3.57. The van der Waals surface area contributed by atoms with E-state index in [1.165, 1.54) is 11.1 Å². The smallest absolute Gasteiger partial charge is 0.220 e. The first kappa shape index (κ1) is 9.90. The van der Waals surface area contributed by atoms with Crippen LogP contribution in [0, 0.1) is 6.92 Å². The van der Waals surface area contributed by atoms with Gasteiger partial charge < -0.3 is 4.42 Å². The van der Waals surface area contributed by atoms with Crippen molar-refractivity contribution in [2.24, 2.45) is 0 Å². The molecule has 0 saturated carbocycles. The molecule has 0 saturated heterocycles. The molecule has 3 nitrogen and oxygen atoms in total. The average molecular weight is 202 g/mol. The summed E-state index contributed by atoms with van der Waals surface area (Å²) in [5.74, 6) is 1.30. The fraction of sp³-hybridized carbons (Fsp3) is 0.333. The molecule has 0 N–H and O–H groups in total. The van der Waals surface area contributed by atoms with E-state index in [0.717, 1.165) is 6.42 Å². The maximum Gasteiger partial charge on any atom is 0.220 e. The first-order chi connectivity index (χ1) is 7.28. The molecule has 78 valence electrons. The SMILES string of the molecule is CCc1cccc(Cc2nnc(C)o2)c1. The van der Waals surface area contributed by atoms with Gasteiger partial charge in [-0.25, -0.2) is 0 Å². The van der Waals surface area contributed by atoms with Crippen molar-refractivity contribution >= 4 is 0 Å². The number of hydrogen-bond donors (Lipinski definition) is 0. The Labute approximate surface area is 89.2 Å².